The molecule has 0 atom stereocenters. The fraction of sp³-hybridized carbons (Fsp3) is 0.220. The van der Waals surface area contributed by atoms with Gasteiger partial charge in [-0.15, -0.1) is 0 Å². The van der Waals surface area contributed by atoms with E-state index >= 15 is 0 Å². The molecule has 8 aromatic rings. The van der Waals surface area contributed by atoms with Gasteiger partial charge in [-0.2, -0.15) is 0 Å². The third kappa shape index (κ3) is 19.5. The van der Waals surface area contributed by atoms with Gasteiger partial charge in [-0.1, -0.05) is 189 Å². The zero-order chi connectivity index (χ0) is 48.6. The molecule has 0 saturated heterocycles. The fourth-order valence-corrected chi connectivity index (χ4v) is 5.82. The molecular weight excluding hydrogens is 802 g/mol. The summed E-state index contributed by atoms with van der Waals surface area (Å²) in [6.07, 6.45) is 1.90. The number of benzene rings is 6. The number of nitrogens with zero attached hydrogens (tertiary/aromatic N) is 3. The first-order valence-electron chi connectivity index (χ1n) is 22.7. The van der Waals surface area contributed by atoms with E-state index in [1.807, 2.05) is 153 Å². The van der Waals surface area contributed by atoms with Crippen LogP contribution in [0, 0.1) is 50.6 Å². The summed E-state index contributed by atoms with van der Waals surface area (Å²) in [6.45, 7) is 26.5. The van der Waals surface area contributed by atoms with Gasteiger partial charge in [-0.3, -0.25) is 20.1 Å². The maximum atomic E-state index is 12.6. The summed E-state index contributed by atoms with van der Waals surface area (Å²) in [6, 6.07) is 57.7. The molecule has 2 heterocycles. The second-order valence-corrected chi connectivity index (χ2v) is 13.5. The lowest BCUT2D eigenvalue weighted by molar-refractivity contribution is -0.384. The summed E-state index contributed by atoms with van der Waals surface area (Å²) in [5, 5.41) is 10.5. The summed E-state index contributed by atoms with van der Waals surface area (Å²) in [5.74, 6) is -0.195. The van der Waals surface area contributed by atoms with Crippen LogP contribution in [0.25, 0.3) is 44.8 Å². The highest BCUT2D eigenvalue weighted by atomic mass is 19.1. The van der Waals surface area contributed by atoms with Crippen molar-refractivity contribution in [3.05, 3.63) is 232 Å². The molecule has 0 aliphatic heterocycles. The van der Waals surface area contributed by atoms with Crippen LogP contribution >= 0.6 is 0 Å². The van der Waals surface area contributed by atoms with Crippen molar-refractivity contribution >= 4 is 5.69 Å². The molecular formula is C59H70FN3O2. The molecule has 2 aromatic heterocycles. The highest BCUT2D eigenvalue weighted by Crippen LogP contribution is 2.24. The molecule has 0 amide bonds. The van der Waals surface area contributed by atoms with Gasteiger partial charge < -0.3 is 0 Å². The molecule has 0 bridgehead atoms. The number of aryl methyl sites for hydroxylation is 4. The van der Waals surface area contributed by atoms with Gasteiger partial charge >= 0.3 is 0 Å². The number of pyridine rings is 2. The smallest absolute Gasteiger partial charge is 0.258 e. The van der Waals surface area contributed by atoms with E-state index in [1.165, 1.54) is 57.6 Å². The number of non-ortho nitro benzene ring substituents is 1. The number of aromatic nitrogens is 2. The number of halogens is 1. The fourth-order valence-electron chi connectivity index (χ4n) is 5.82. The SMILES string of the molecule is CC.CC.CC.CC.Cc1cc(-c2ccccc2)nc(C)c1C.Cc1ccc(-c2ccccc2C)nc1.Fc1ccc(-c2ccccc2)cc1.O=[N+]([O-])c1ccc(-c2ccccc2)cc1. The van der Waals surface area contributed by atoms with E-state index < -0.39 is 4.92 Å². The van der Waals surface area contributed by atoms with Gasteiger partial charge in [0, 0.05) is 35.2 Å². The quantitative estimate of drug-likeness (QED) is 0.128. The first-order chi connectivity index (χ1) is 31.6. The zero-order valence-electron chi connectivity index (χ0n) is 40.9. The predicted molar refractivity (Wildman–Crippen MR) is 279 cm³/mol. The molecule has 5 nitrogen and oxygen atoms in total. The van der Waals surface area contributed by atoms with E-state index in [9.17, 15) is 14.5 Å². The average molecular weight is 872 g/mol. The minimum Gasteiger partial charge on any atom is -0.258 e. The molecule has 6 aromatic carbocycles. The summed E-state index contributed by atoms with van der Waals surface area (Å²) < 4.78 is 12.6. The monoisotopic (exact) mass is 872 g/mol. The van der Waals surface area contributed by atoms with Crippen LogP contribution in [-0.2, 0) is 0 Å². The summed E-state index contributed by atoms with van der Waals surface area (Å²) in [7, 11) is 0. The van der Waals surface area contributed by atoms with Crippen LogP contribution in [0.3, 0.4) is 0 Å². The van der Waals surface area contributed by atoms with Crippen molar-refractivity contribution < 1.29 is 9.31 Å². The van der Waals surface area contributed by atoms with Gasteiger partial charge in [0.2, 0.25) is 0 Å². The Bertz CT molecular complexity index is 2430. The number of nitro benzene ring substituents is 1. The number of hydrogen-bond donors (Lipinski definition) is 0. The maximum absolute atomic E-state index is 12.6. The normalized spacial score (nSPS) is 9.20. The molecule has 0 saturated carbocycles. The molecule has 8 rings (SSSR count). The molecule has 65 heavy (non-hydrogen) atoms. The lowest BCUT2D eigenvalue weighted by atomic mass is 10.0. The summed E-state index contributed by atoms with van der Waals surface area (Å²) in [4.78, 5) is 19.1. The van der Waals surface area contributed by atoms with Crippen LogP contribution in [0.4, 0.5) is 10.1 Å². The van der Waals surface area contributed by atoms with Crippen LogP contribution in [0.5, 0.6) is 0 Å². The van der Waals surface area contributed by atoms with Crippen molar-refractivity contribution in [2.75, 3.05) is 0 Å². The first kappa shape index (κ1) is 56.0. The Balaban J connectivity index is 0.000000412. The third-order valence-corrected chi connectivity index (χ3v) is 9.31. The topological polar surface area (TPSA) is 68.9 Å². The lowest BCUT2D eigenvalue weighted by Gasteiger charge is -2.07. The average Bonchev–Trinajstić information content (AvgIpc) is 3.38. The molecule has 0 spiro atoms. The van der Waals surface area contributed by atoms with Crippen molar-refractivity contribution in [2.45, 2.75) is 90.0 Å². The molecule has 340 valence electrons. The van der Waals surface area contributed by atoms with Crippen LogP contribution in [-0.4, -0.2) is 14.9 Å². The van der Waals surface area contributed by atoms with Crippen LogP contribution in [0.2, 0.25) is 0 Å². The number of hydrogen-bond acceptors (Lipinski definition) is 4. The van der Waals surface area contributed by atoms with E-state index in [1.54, 1.807) is 24.3 Å². The van der Waals surface area contributed by atoms with E-state index in [4.69, 9.17) is 0 Å². The molecule has 0 N–H and O–H groups in total. The van der Waals surface area contributed by atoms with Crippen LogP contribution in [0.1, 0.15) is 83.3 Å². The minimum atomic E-state index is -0.394. The minimum absolute atomic E-state index is 0.120. The van der Waals surface area contributed by atoms with Gasteiger partial charge in [0.15, 0.2) is 0 Å². The highest BCUT2D eigenvalue weighted by Gasteiger charge is 2.06. The van der Waals surface area contributed by atoms with Crippen LogP contribution in [0.15, 0.2) is 188 Å². The molecule has 0 fully saturated rings. The molecule has 6 heteroatoms. The van der Waals surface area contributed by atoms with Crippen molar-refractivity contribution in [2.24, 2.45) is 0 Å². The maximum Gasteiger partial charge on any atom is 0.269 e. The van der Waals surface area contributed by atoms with Crippen LogP contribution < -0.4 is 0 Å². The Kier molecular flexibility index (Phi) is 28.1. The molecule has 0 radical (unpaired) electrons. The number of rotatable bonds is 5. The predicted octanol–water partition coefficient (Wildman–Crippen LogP) is 17.9. The van der Waals surface area contributed by atoms with Crippen molar-refractivity contribution in [1.82, 2.24) is 9.97 Å². The van der Waals surface area contributed by atoms with Crippen molar-refractivity contribution in [3.63, 3.8) is 0 Å². The number of nitro groups is 1. The van der Waals surface area contributed by atoms with E-state index in [-0.39, 0.29) is 11.5 Å². The van der Waals surface area contributed by atoms with Gasteiger partial charge in [0.25, 0.3) is 5.69 Å². The Hall–Kier alpha value is -7.05. The Morgan fingerprint density at radius 1 is 0.446 bits per heavy atom. The van der Waals surface area contributed by atoms with E-state index in [2.05, 4.69) is 87.1 Å². The van der Waals surface area contributed by atoms with E-state index in [0.29, 0.717) is 0 Å². The largest absolute Gasteiger partial charge is 0.269 e. The second kappa shape index (κ2) is 32.6. The molecule has 0 aliphatic carbocycles. The van der Waals surface area contributed by atoms with Gasteiger partial charge in [0.05, 0.1) is 16.3 Å². The van der Waals surface area contributed by atoms with Crippen molar-refractivity contribution in [1.29, 1.82) is 0 Å². The molecule has 0 unspecified atom stereocenters. The Morgan fingerprint density at radius 2 is 0.862 bits per heavy atom. The third-order valence-electron chi connectivity index (χ3n) is 9.31. The zero-order valence-corrected chi connectivity index (χ0v) is 40.9. The lowest BCUT2D eigenvalue weighted by Crippen LogP contribution is -1.93. The van der Waals surface area contributed by atoms with E-state index in [0.717, 1.165) is 39.3 Å². The summed E-state index contributed by atoms with van der Waals surface area (Å²) in [5.41, 5.74) is 15.0. The molecule has 0 aliphatic rings. The van der Waals surface area contributed by atoms with Gasteiger partial charge in [-0.25, -0.2) is 4.39 Å². The highest BCUT2D eigenvalue weighted by molar-refractivity contribution is 5.65. The standard InChI is InChI=1S/C14H15N.C13H13N.C12H9F.C12H9NO2.4C2H6/c1-10-9-14(15-12(3)11(10)2)13-7-5-4-6-8-13;1-10-7-8-13(14-9-10)12-6-4-3-5-11(12)2;13-12-8-6-11(7-9-12)10-4-2-1-3-5-10;14-13(15)12-8-6-11(7-9-12)10-4-2-1-3-5-10;4*1-2/h4-9H,1-3H3;3-9H,1-2H3;1-9H;1-9H;4*1-2H3. The Labute approximate surface area is 390 Å². The van der Waals surface area contributed by atoms with Gasteiger partial charge in [-0.05, 0) is 116 Å². The first-order valence-corrected chi connectivity index (χ1v) is 22.7. The summed E-state index contributed by atoms with van der Waals surface area (Å²) >= 11 is 0. The van der Waals surface area contributed by atoms with Crippen molar-refractivity contribution in [3.8, 4) is 44.8 Å². The Morgan fingerprint density at radius 3 is 1.28 bits per heavy atom. The van der Waals surface area contributed by atoms with Gasteiger partial charge in [0.1, 0.15) is 5.82 Å². The second-order valence-electron chi connectivity index (χ2n) is 13.5.